The summed E-state index contributed by atoms with van der Waals surface area (Å²) in [5.74, 6) is -1.56. The molecule has 0 unspecified atom stereocenters. The maximum absolute atomic E-state index is 12.8. The number of amides is 1. The fourth-order valence-electron chi connectivity index (χ4n) is 3.13. The number of H-pyrrole nitrogens is 1. The van der Waals surface area contributed by atoms with E-state index in [1.807, 2.05) is 24.3 Å². The first kappa shape index (κ1) is 22.0. The van der Waals surface area contributed by atoms with Gasteiger partial charge in [-0.25, -0.2) is 13.2 Å². The van der Waals surface area contributed by atoms with Gasteiger partial charge in [0.15, 0.2) is 9.84 Å². The Morgan fingerprint density at radius 3 is 2.58 bits per heavy atom. The molecular formula is C20H19N3O7S. The zero-order valence-electron chi connectivity index (χ0n) is 16.6. The molecule has 3 rings (SSSR count). The summed E-state index contributed by atoms with van der Waals surface area (Å²) in [6.45, 7) is 0. The van der Waals surface area contributed by atoms with Crippen LogP contribution < -0.4 is 5.32 Å². The van der Waals surface area contributed by atoms with Crippen LogP contribution in [0.25, 0.3) is 10.9 Å². The van der Waals surface area contributed by atoms with Crippen LogP contribution in [0.15, 0.2) is 53.6 Å². The molecule has 0 radical (unpaired) electrons. The van der Waals surface area contributed by atoms with E-state index in [0.29, 0.717) is 0 Å². The number of carbonyl (C=O) groups is 2. The number of para-hydroxylation sites is 1. The molecule has 3 aromatic rings. The molecule has 0 bridgehead atoms. The zero-order valence-corrected chi connectivity index (χ0v) is 17.4. The Kier molecular flexibility index (Phi) is 6.07. The van der Waals surface area contributed by atoms with Gasteiger partial charge in [0.05, 0.1) is 16.9 Å². The Morgan fingerprint density at radius 1 is 1.23 bits per heavy atom. The van der Waals surface area contributed by atoms with Crippen LogP contribution in [0.4, 0.5) is 5.69 Å². The highest BCUT2D eigenvalue weighted by atomic mass is 32.2. The molecule has 1 atom stereocenters. The number of nitrogens with zero attached hydrogens (tertiary/aromatic N) is 1. The number of fused-ring (bicyclic) bond motifs is 1. The first-order valence-electron chi connectivity index (χ1n) is 9.03. The molecule has 31 heavy (non-hydrogen) atoms. The molecule has 0 spiro atoms. The number of nitro benzene ring substituents is 1. The lowest BCUT2D eigenvalue weighted by atomic mass is 10.0. The van der Waals surface area contributed by atoms with E-state index in [9.17, 15) is 28.1 Å². The van der Waals surface area contributed by atoms with Crippen molar-refractivity contribution in [3.05, 3.63) is 69.9 Å². The molecule has 1 aromatic heterocycles. The summed E-state index contributed by atoms with van der Waals surface area (Å²) in [7, 11) is -2.64. The van der Waals surface area contributed by atoms with Gasteiger partial charge in [0.25, 0.3) is 11.6 Å². The molecule has 1 amide bonds. The summed E-state index contributed by atoms with van der Waals surface area (Å²) in [5.41, 5.74) is 0.785. The number of ether oxygens (including phenoxy) is 1. The summed E-state index contributed by atoms with van der Waals surface area (Å²) in [6, 6.07) is 9.15. The van der Waals surface area contributed by atoms with Crippen LogP contribution in [0.3, 0.4) is 0 Å². The van der Waals surface area contributed by atoms with E-state index in [0.717, 1.165) is 40.9 Å². The second-order valence-electron chi connectivity index (χ2n) is 6.86. The van der Waals surface area contributed by atoms with E-state index in [1.165, 1.54) is 7.11 Å². The summed E-state index contributed by atoms with van der Waals surface area (Å²) >= 11 is 0. The van der Waals surface area contributed by atoms with Crippen LogP contribution >= 0.6 is 0 Å². The Balaban J connectivity index is 1.93. The number of nitrogens with one attached hydrogen (secondary N) is 2. The van der Waals surface area contributed by atoms with Crippen LogP contribution in [-0.4, -0.2) is 49.6 Å². The normalized spacial score (nSPS) is 12.3. The van der Waals surface area contributed by atoms with Gasteiger partial charge in [0, 0.05) is 47.5 Å². The molecule has 0 saturated heterocycles. The molecule has 162 valence electrons. The van der Waals surface area contributed by atoms with Crippen molar-refractivity contribution >= 4 is 38.3 Å². The third kappa shape index (κ3) is 4.89. The Morgan fingerprint density at radius 2 is 1.94 bits per heavy atom. The van der Waals surface area contributed by atoms with E-state index < -0.39 is 38.4 Å². The first-order chi connectivity index (χ1) is 14.6. The van der Waals surface area contributed by atoms with Crippen molar-refractivity contribution in [1.29, 1.82) is 0 Å². The van der Waals surface area contributed by atoms with E-state index in [1.54, 1.807) is 6.20 Å². The fraction of sp³-hybridized carbons (Fsp3) is 0.200. The number of rotatable bonds is 7. The Labute approximate surface area is 177 Å². The number of esters is 1. The van der Waals surface area contributed by atoms with Gasteiger partial charge in [0.1, 0.15) is 6.04 Å². The monoisotopic (exact) mass is 445 g/mol. The van der Waals surface area contributed by atoms with Crippen molar-refractivity contribution in [2.75, 3.05) is 13.4 Å². The molecule has 0 fully saturated rings. The molecule has 10 nitrogen and oxygen atoms in total. The highest BCUT2D eigenvalue weighted by Gasteiger charge is 2.26. The van der Waals surface area contributed by atoms with E-state index in [2.05, 4.69) is 10.3 Å². The fourth-order valence-corrected chi connectivity index (χ4v) is 3.81. The molecule has 0 saturated carbocycles. The predicted octanol–water partition coefficient (Wildman–Crippen LogP) is 1.99. The zero-order chi connectivity index (χ0) is 22.8. The lowest BCUT2D eigenvalue weighted by Gasteiger charge is -2.16. The van der Waals surface area contributed by atoms with Crippen LogP contribution in [0.5, 0.6) is 0 Å². The maximum Gasteiger partial charge on any atom is 0.328 e. The quantitative estimate of drug-likeness (QED) is 0.321. The van der Waals surface area contributed by atoms with Gasteiger partial charge < -0.3 is 15.0 Å². The molecule has 0 aliphatic rings. The molecule has 2 aromatic carbocycles. The molecule has 2 N–H and O–H groups in total. The van der Waals surface area contributed by atoms with E-state index in [4.69, 9.17) is 4.74 Å². The van der Waals surface area contributed by atoms with Crippen LogP contribution in [0, 0.1) is 10.1 Å². The SMILES string of the molecule is COC(=O)[C@@H](Cc1c[nH]c2ccccc12)NC(=O)c1cc([N+](=O)[O-])cc(S(C)(=O)=O)c1. The van der Waals surface area contributed by atoms with Crippen molar-refractivity contribution in [2.45, 2.75) is 17.4 Å². The van der Waals surface area contributed by atoms with Gasteiger partial charge in [-0.2, -0.15) is 0 Å². The van der Waals surface area contributed by atoms with Crippen molar-refractivity contribution in [2.24, 2.45) is 0 Å². The number of carbonyl (C=O) groups excluding carboxylic acids is 2. The average molecular weight is 445 g/mol. The summed E-state index contributed by atoms with van der Waals surface area (Å²) in [4.78, 5) is 38.1. The lowest BCUT2D eigenvalue weighted by molar-refractivity contribution is -0.385. The number of methoxy groups -OCH3 is 1. The van der Waals surface area contributed by atoms with E-state index in [-0.39, 0.29) is 16.9 Å². The molecule has 1 heterocycles. The van der Waals surface area contributed by atoms with Gasteiger partial charge in [-0.15, -0.1) is 0 Å². The average Bonchev–Trinajstić information content (AvgIpc) is 3.14. The minimum atomic E-state index is -3.81. The smallest absolute Gasteiger partial charge is 0.328 e. The molecular weight excluding hydrogens is 426 g/mol. The second kappa shape index (κ2) is 8.56. The lowest BCUT2D eigenvalue weighted by Crippen LogP contribution is -2.43. The maximum atomic E-state index is 12.8. The van der Waals surface area contributed by atoms with Gasteiger partial charge in [-0.05, 0) is 17.7 Å². The Bertz CT molecular complexity index is 1280. The van der Waals surface area contributed by atoms with Gasteiger partial charge in [-0.3, -0.25) is 14.9 Å². The number of nitro groups is 1. The van der Waals surface area contributed by atoms with Crippen LogP contribution in [-0.2, 0) is 25.8 Å². The third-order valence-corrected chi connectivity index (χ3v) is 5.77. The number of sulfone groups is 1. The minimum Gasteiger partial charge on any atom is -0.467 e. The predicted molar refractivity (Wildman–Crippen MR) is 111 cm³/mol. The second-order valence-corrected chi connectivity index (χ2v) is 8.87. The Hall–Kier alpha value is -3.73. The van der Waals surface area contributed by atoms with Crippen molar-refractivity contribution < 1.29 is 27.7 Å². The highest BCUT2D eigenvalue weighted by molar-refractivity contribution is 7.90. The number of aromatic amines is 1. The minimum absolute atomic E-state index is 0.0935. The number of benzene rings is 2. The van der Waals surface area contributed by atoms with Crippen molar-refractivity contribution in [1.82, 2.24) is 10.3 Å². The number of hydrogen-bond donors (Lipinski definition) is 2. The molecule has 11 heteroatoms. The van der Waals surface area contributed by atoms with Crippen molar-refractivity contribution in [3.63, 3.8) is 0 Å². The first-order valence-corrected chi connectivity index (χ1v) is 10.9. The van der Waals surface area contributed by atoms with Crippen LogP contribution in [0.1, 0.15) is 15.9 Å². The van der Waals surface area contributed by atoms with Crippen molar-refractivity contribution in [3.8, 4) is 0 Å². The van der Waals surface area contributed by atoms with Crippen LogP contribution in [0.2, 0.25) is 0 Å². The number of aromatic nitrogens is 1. The topological polar surface area (TPSA) is 148 Å². The number of hydrogen-bond acceptors (Lipinski definition) is 7. The standard InChI is InChI=1S/C20H19N3O7S/c1-30-20(25)18(9-13-11-21-17-6-4-3-5-16(13)17)22-19(24)12-7-14(23(26)27)10-15(8-12)31(2,28)29/h3-8,10-11,18,21H,9H2,1-2H3,(H,22,24)/t18-/m1/s1. The van der Waals surface area contributed by atoms with Gasteiger partial charge in [-0.1, -0.05) is 18.2 Å². The third-order valence-electron chi connectivity index (χ3n) is 4.68. The van der Waals surface area contributed by atoms with Gasteiger partial charge >= 0.3 is 5.97 Å². The summed E-state index contributed by atoms with van der Waals surface area (Å²) < 4.78 is 28.5. The summed E-state index contributed by atoms with van der Waals surface area (Å²) in [6.07, 6.45) is 2.68. The molecule has 0 aliphatic carbocycles. The van der Waals surface area contributed by atoms with E-state index >= 15 is 0 Å². The summed E-state index contributed by atoms with van der Waals surface area (Å²) in [5, 5.41) is 14.5. The number of non-ortho nitro benzene ring substituents is 1. The largest absolute Gasteiger partial charge is 0.467 e. The molecule has 0 aliphatic heterocycles. The highest BCUT2D eigenvalue weighted by Crippen LogP contribution is 2.22. The van der Waals surface area contributed by atoms with Gasteiger partial charge in [0.2, 0.25) is 0 Å².